The lowest BCUT2D eigenvalue weighted by Crippen LogP contribution is -2.32. The molecule has 0 bridgehead atoms. The number of urea groups is 1. The molecule has 1 aromatic carbocycles. The number of rotatable bonds is 4. The molecule has 0 saturated carbocycles. The Morgan fingerprint density at radius 3 is 2.65 bits per heavy atom. The van der Waals surface area contributed by atoms with E-state index in [1.165, 1.54) is 0 Å². The van der Waals surface area contributed by atoms with E-state index in [1.54, 1.807) is 18.3 Å². The molecule has 20 heavy (non-hydrogen) atoms. The number of nitrogens with one attached hydrogen (secondary N) is 2. The van der Waals surface area contributed by atoms with E-state index in [9.17, 15) is 4.79 Å². The van der Waals surface area contributed by atoms with Gasteiger partial charge in [0, 0.05) is 10.7 Å². The molecule has 0 unspecified atom stereocenters. The molecule has 0 spiro atoms. The molecular formula is C14H14BrN3O2. The van der Waals surface area contributed by atoms with Crippen molar-refractivity contribution in [1.29, 1.82) is 0 Å². The Hall–Kier alpha value is -2.08. The zero-order chi connectivity index (χ0) is 14.4. The third kappa shape index (κ3) is 4.55. The maximum Gasteiger partial charge on any atom is 0.323 e. The van der Waals surface area contributed by atoms with Crippen LogP contribution in [0.5, 0.6) is 5.75 Å². The number of nitrogens with zero attached hydrogens (tertiary/aromatic N) is 1. The number of pyridine rings is 1. The molecule has 2 rings (SSSR count). The molecule has 1 aromatic heterocycles. The molecule has 0 saturated heterocycles. The number of hydrogen-bond acceptors (Lipinski definition) is 3. The maximum atomic E-state index is 11.6. The van der Waals surface area contributed by atoms with Gasteiger partial charge in [0.15, 0.2) is 6.73 Å². The Bertz CT molecular complexity index is 570. The highest BCUT2D eigenvalue weighted by Gasteiger charge is 2.02. The summed E-state index contributed by atoms with van der Waals surface area (Å²) in [5, 5.41) is 5.19. The average molecular weight is 336 g/mol. The molecule has 1 heterocycles. The number of carbonyl (C=O) groups excluding carboxylic acids is 1. The number of halogens is 1. The molecule has 6 heteroatoms. The molecule has 0 radical (unpaired) electrons. The largest absolute Gasteiger partial charge is 0.473 e. The molecule has 104 valence electrons. The van der Waals surface area contributed by atoms with Crippen LogP contribution in [0.4, 0.5) is 10.6 Å². The van der Waals surface area contributed by atoms with Crippen molar-refractivity contribution >= 4 is 27.8 Å². The van der Waals surface area contributed by atoms with Gasteiger partial charge < -0.3 is 10.1 Å². The van der Waals surface area contributed by atoms with Crippen molar-refractivity contribution in [3.05, 3.63) is 52.6 Å². The van der Waals surface area contributed by atoms with Gasteiger partial charge in [-0.3, -0.25) is 5.32 Å². The highest BCUT2D eigenvalue weighted by molar-refractivity contribution is 9.10. The zero-order valence-corrected chi connectivity index (χ0v) is 12.5. The van der Waals surface area contributed by atoms with Crippen LogP contribution in [0.25, 0.3) is 0 Å². The van der Waals surface area contributed by atoms with E-state index in [0.29, 0.717) is 11.6 Å². The number of amides is 2. The van der Waals surface area contributed by atoms with Crippen LogP contribution in [0.15, 0.2) is 47.1 Å². The fraction of sp³-hybridized carbons (Fsp3) is 0.143. The Morgan fingerprint density at radius 1 is 1.25 bits per heavy atom. The predicted octanol–water partition coefficient (Wildman–Crippen LogP) is 3.31. The molecule has 5 nitrogen and oxygen atoms in total. The van der Waals surface area contributed by atoms with E-state index in [0.717, 1.165) is 10.0 Å². The van der Waals surface area contributed by atoms with Crippen molar-refractivity contribution in [3.8, 4) is 5.75 Å². The average Bonchev–Trinajstić information content (AvgIpc) is 2.44. The minimum atomic E-state index is -0.369. The Morgan fingerprint density at radius 2 is 2.00 bits per heavy atom. The lowest BCUT2D eigenvalue weighted by Gasteiger charge is -2.09. The number of aromatic nitrogens is 1. The zero-order valence-electron chi connectivity index (χ0n) is 10.9. The van der Waals surface area contributed by atoms with E-state index < -0.39 is 0 Å². The van der Waals surface area contributed by atoms with Gasteiger partial charge in [-0.2, -0.15) is 0 Å². The maximum absolute atomic E-state index is 11.6. The van der Waals surface area contributed by atoms with Gasteiger partial charge in [0.05, 0.1) is 0 Å². The quantitative estimate of drug-likeness (QED) is 0.842. The van der Waals surface area contributed by atoms with Crippen LogP contribution >= 0.6 is 15.9 Å². The number of ether oxygens (including phenoxy) is 1. The minimum Gasteiger partial charge on any atom is -0.473 e. The van der Waals surface area contributed by atoms with Crippen LogP contribution in [0, 0.1) is 6.92 Å². The number of carbonyl (C=O) groups is 1. The van der Waals surface area contributed by atoms with Gasteiger partial charge in [-0.15, -0.1) is 0 Å². The van der Waals surface area contributed by atoms with Crippen molar-refractivity contribution in [3.63, 3.8) is 0 Å². The standard InChI is InChI=1S/C14H14BrN3O2/c1-10-2-5-12(6-3-10)20-9-17-14(19)18-13-7-4-11(15)8-16-13/h2-8H,9H2,1H3,(H2,16,17,18,19). The number of anilines is 1. The van der Waals surface area contributed by atoms with E-state index in [4.69, 9.17) is 4.74 Å². The summed E-state index contributed by atoms with van der Waals surface area (Å²) in [4.78, 5) is 15.6. The first kappa shape index (κ1) is 14.3. The smallest absolute Gasteiger partial charge is 0.323 e. The van der Waals surface area contributed by atoms with Gasteiger partial charge in [0.2, 0.25) is 0 Å². The summed E-state index contributed by atoms with van der Waals surface area (Å²) in [5.41, 5.74) is 1.16. The summed E-state index contributed by atoms with van der Waals surface area (Å²) in [5.74, 6) is 1.18. The lowest BCUT2D eigenvalue weighted by atomic mass is 10.2. The summed E-state index contributed by atoms with van der Waals surface area (Å²) < 4.78 is 6.24. The first-order valence-corrected chi connectivity index (χ1v) is 6.78. The molecule has 0 aliphatic carbocycles. The first-order valence-electron chi connectivity index (χ1n) is 5.99. The van der Waals surface area contributed by atoms with Crippen LogP contribution < -0.4 is 15.4 Å². The minimum absolute atomic E-state index is 0.0887. The third-order valence-electron chi connectivity index (χ3n) is 2.46. The molecule has 0 atom stereocenters. The Balaban J connectivity index is 1.75. The molecule has 2 N–H and O–H groups in total. The molecule has 0 aliphatic heterocycles. The normalized spacial score (nSPS) is 9.90. The van der Waals surface area contributed by atoms with Crippen molar-refractivity contribution < 1.29 is 9.53 Å². The highest BCUT2D eigenvalue weighted by Crippen LogP contribution is 2.11. The van der Waals surface area contributed by atoms with E-state index in [1.807, 2.05) is 31.2 Å². The summed E-state index contributed by atoms with van der Waals surface area (Å²) >= 11 is 3.27. The van der Waals surface area contributed by atoms with Gasteiger partial charge in [-0.05, 0) is 47.1 Å². The molecule has 2 amide bonds. The topological polar surface area (TPSA) is 63.2 Å². The Labute approximate surface area is 125 Å². The second kappa shape index (κ2) is 6.91. The van der Waals surface area contributed by atoms with Crippen LogP contribution in [-0.4, -0.2) is 17.7 Å². The van der Waals surface area contributed by atoms with Crippen LogP contribution in [0.2, 0.25) is 0 Å². The van der Waals surface area contributed by atoms with Crippen LogP contribution in [0.3, 0.4) is 0 Å². The van der Waals surface area contributed by atoms with Gasteiger partial charge in [-0.1, -0.05) is 17.7 Å². The number of aryl methyl sites for hydroxylation is 1. The lowest BCUT2D eigenvalue weighted by molar-refractivity contribution is 0.234. The van der Waals surface area contributed by atoms with E-state index in [2.05, 4.69) is 31.5 Å². The van der Waals surface area contributed by atoms with Gasteiger partial charge in [0.1, 0.15) is 11.6 Å². The van der Waals surface area contributed by atoms with Gasteiger partial charge in [-0.25, -0.2) is 9.78 Å². The Kier molecular flexibility index (Phi) is 4.95. The van der Waals surface area contributed by atoms with Crippen molar-refractivity contribution in [1.82, 2.24) is 10.3 Å². The summed E-state index contributed by atoms with van der Waals surface area (Å²) in [6, 6.07) is 10.7. The van der Waals surface area contributed by atoms with Crippen LogP contribution in [-0.2, 0) is 0 Å². The fourth-order valence-electron chi connectivity index (χ4n) is 1.43. The molecule has 0 aliphatic rings. The fourth-order valence-corrected chi connectivity index (χ4v) is 1.66. The SMILES string of the molecule is Cc1ccc(OCNC(=O)Nc2ccc(Br)cn2)cc1. The van der Waals surface area contributed by atoms with E-state index >= 15 is 0 Å². The monoisotopic (exact) mass is 335 g/mol. The molecule has 0 fully saturated rings. The van der Waals surface area contributed by atoms with Crippen LogP contribution in [0.1, 0.15) is 5.56 Å². The molecular weight excluding hydrogens is 322 g/mol. The summed E-state index contributed by atoms with van der Waals surface area (Å²) in [7, 11) is 0. The number of hydrogen-bond donors (Lipinski definition) is 2. The van der Waals surface area contributed by atoms with Crippen molar-refractivity contribution in [2.45, 2.75) is 6.92 Å². The van der Waals surface area contributed by atoms with Gasteiger partial charge in [0.25, 0.3) is 0 Å². The van der Waals surface area contributed by atoms with Crippen molar-refractivity contribution in [2.24, 2.45) is 0 Å². The number of benzene rings is 1. The third-order valence-corrected chi connectivity index (χ3v) is 2.93. The molecule has 2 aromatic rings. The van der Waals surface area contributed by atoms with Crippen molar-refractivity contribution in [2.75, 3.05) is 12.0 Å². The second-order valence-corrected chi connectivity index (χ2v) is 5.01. The second-order valence-electron chi connectivity index (χ2n) is 4.09. The summed E-state index contributed by atoms with van der Waals surface area (Å²) in [6.07, 6.45) is 1.61. The van der Waals surface area contributed by atoms with Gasteiger partial charge >= 0.3 is 6.03 Å². The first-order chi connectivity index (χ1) is 9.63. The summed E-state index contributed by atoms with van der Waals surface area (Å²) in [6.45, 7) is 2.09. The predicted molar refractivity (Wildman–Crippen MR) is 80.8 cm³/mol. The highest BCUT2D eigenvalue weighted by atomic mass is 79.9. The van der Waals surface area contributed by atoms with E-state index in [-0.39, 0.29) is 12.8 Å².